The van der Waals surface area contributed by atoms with Crippen LogP contribution in [0, 0.1) is 0 Å². The second-order valence-corrected chi connectivity index (χ2v) is 7.83. The van der Waals surface area contributed by atoms with Gasteiger partial charge in [0.25, 0.3) is 0 Å². The van der Waals surface area contributed by atoms with Crippen LogP contribution in [0.5, 0.6) is 0 Å². The Morgan fingerprint density at radius 2 is 2.20 bits per heavy atom. The van der Waals surface area contributed by atoms with Crippen molar-refractivity contribution in [2.24, 2.45) is 7.05 Å². The molecule has 1 aliphatic rings. The summed E-state index contributed by atoms with van der Waals surface area (Å²) in [6.07, 6.45) is 5.99. The maximum absolute atomic E-state index is 12.5. The molecular formula is C18H28N6O. The van der Waals surface area contributed by atoms with Gasteiger partial charge < -0.3 is 5.32 Å². The van der Waals surface area contributed by atoms with Crippen LogP contribution >= 0.6 is 0 Å². The number of nitrogens with zero attached hydrogens (tertiary/aromatic N) is 5. The largest absolute Gasteiger partial charge is 0.310 e. The van der Waals surface area contributed by atoms with Crippen LogP contribution in [0.2, 0.25) is 0 Å². The Kier molecular flexibility index (Phi) is 4.94. The number of anilines is 1. The molecule has 7 heteroatoms. The number of aromatic nitrogens is 4. The molecule has 0 aliphatic carbocycles. The van der Waals surface area contributed by atoms with Crippen molar-refractivity contribution in [1.82, 2.24) is 24.5 Å². The zero-order valence-electron chi connectivity index (χ0n) is 15.6. The molecule has 136 valence electrons. The van der Waals surface area contributed by atoms with E-state index in [-0.39, 0.29) is 11.3 Å². The number of carbonyl (C=O) groups excluding carboxylic acids is 1. The lowest BCUT2D eigenvalue weighted by Crippen LogP contribution is -2.39. The summed E-state index contributed by atoms with van der Waals surface area (Å²) < 4.78 is 3.68. The highest BCUT2D eigenvalue weighted by atomic mass is 16.2. The Morgan fingerprint density at radius 3 is 2.84 bits per heavy atom. The normalized spacial score (nSPS) is 18.6. The van der Waals surface area contributed by atoms with Gasteiger partial charge in [0, 0.05) is 37.0 Å². The van der Waals surface area contributed by atoms with E-state index in [0.29, 0.717) is 12.6 Å². The van der Waals surface area contributed by atoms with E-state index in [9.17, 15) is 4.79 Å². The first-order valence-electron chi connectivity index (χ1n) is 8.89. The molecule has 0 saturated carbocycles. The third-order valence-corrected chi connectivity index (χ3v) is 4.72. The van der Waals surface area contributed by atoms with E-state index < -0.39 is 0 Å². The molecule has 25 heavy (non-hydrogen) atoms. The number of aryl methyl sites for hydroxylation is 1. The van der Waals surface area contributed by atoms with Gasteiger partial charge in [0.1, 0.15) is 5.82 Å². The molecule has 3 heterocycles. The summed E-state index contributed by atoms with van der Waals surface area (Å²) in [6, 6.07) is 4.26. The zero-order chi connectivity index (χ0) is 18.0. The van der Waals surface area contributed by atoms with E-state index in [1.54, 1.807) is 10.9 Å². The molecular weight excluding hydrogens is 316 g/mol. The summed E-state index contributed by atoms with van der Waals surface area (Å²) in [4.78, 5) is 14.8. The molecule has 3 rings (SSSR count). The quantitative estimate of drug-likeness (QED) is 0.901. The topological polar surface area (TPSA) is 68.0 Å². The van der Waals surface area contributed by atoms with Gasteiger partial charge in [-0.2, -0.15) is 10.2 Å². The summed E-state index contributed by atoms with van der Waals surface area (Å²) >= 11 is 0. The van der Waals surface area contributed by atoms with Crippen LogP contribution in [0.4, 0.5) is 5.82 Å². The van der Waals surface area contributed by atoms with Crippen LogP contribution in [0.3, 0.4) is 0 Å². The van der Waals surface area contributed by atoms with Gasteiger partial charge >= 0.3 is 0 Å². The molecule has 1 aliphatic heterocycles. The minimum absolute atomic E-state index is 0.0100. The summed E-state index contributed by atoms with van der Waals surface area (Å²) in [7, 11) is 1.86. The minimum Gasteiger partial charge on any atom is -0.310 e. The third-order valence-electron chi connectivity index (χ3n) is 4.72. The Morgan fingerprint density at radius 1 is 1.40 bits per heavy atom. The van der Waals surface area contributed by atoms with E-state index >= 15 is 0 Å². The van der Waals surface area contributed by atoms with Crippen molar-refractivity contribution in [2.75, 3.05) is 18.4 Å². The summed E-state index contributed by atoms with van der Waals surface area (Å²) in [5.74, 6) is 0.758. The van der Waals surface area contributed by atoms with Gasteiger partial charge in [-0.15, -0.1) is 0 Å². The molecule has 0 spiro atoms. The number of nitrogens with one attached hydrogen (secondary N) is 1. The maximum Gasteiger partial charge on any atom is 0.239 e. The fraction of sp³-hybridized carbons (Fsp3) is 0.611. The Bertz CT molecular complexity index is 713. The van der Waals surface area contributed by atoms with Crippen LogP contribution in [0.1, 0.15) is 39.3 Å². The van der Waals surface area contributed by atoms with Crippen molar-refractivity contribution in [3.8, 4) is 0 Å². The van der Waals surface area contributed by atoms with Gasteiger partial charge in [0.05, 0.1) is 18.8 Å². The Hall–Kier alpha value is -2.15. The predicted molar refractivity (Wildman–Crippen MR) is 97.4 cm³/mol. The fourth-order valence-corrected chi connectivity index (χ4v) is 3.25. The highest BCUT2D eigenvalue weighted by Crippen LogP contribution is 2.23. The van der Waals surface area contributed by atoms with Crippen molar-refractivity contribution in [1.29, 1.82) is 0 Å². The predicted octanol–water partition coefficient (Wildman–Crippen LogP) is 2.02. The van der Waals surface area contributed by atoms with Crippen molar-refractivity contribution in [2.45, 2.75) is 51.6 Å². The number of hydrogen-bond acceptors (Lipinski definition) is 4. The molecule has 0 unspecified atom stereocenters. The van der Waals surface area contributed by atoms with E-state index in [0.717, 1.165) is 37.4 Å². The molecule has 2 aromatic heterocycles. The molecule has 2 aromatic rings. The lowest BCUT2D eigenvalue weighted by molar-refractivity contribution is -0.117. The molecule has 1 saturated heterocycles. The van der Waals surface area contributed by atoms with E-state index in [4.69, 9.17) is 0 Å². The van der Waals surface area contributed by atoms with Gasteiger partial charge in [-0.1, -0.05) is 20.8 Å². The zero-order valence-corrected chi connectivity index (χ0v) is 15.6. The van der Waals surface area contributed by atoms with E-state index in [1.807, 2.05) is 30.1 Å². The van der Waals surface area contributed by atoms with Crippen LogP contribution in [-0.4, -0.2) is 49.5 Å². The standard InChI is InChI=1S/C18H28N6O/c1-18(2,3)15-11-16(22(4)21-15)20-17(25)13-23-9-5-7-14(23)12-24-10-6-8-19-24/h6,8,10-11,14H,5,7,9,12-13H2,1-4H3,(H,20,25)/t14-/m0/s1. The minimum atomic E-state index is -0.0372. The average Bonchev–Trinajstić information content (AvgIpc) is 3.23. The van der Waals surface area contributed by atoms with Crippen LogP contribution in [0.15, 0.2) is 24.5 Å². The molecule has 0 radical (unpaired) electrons. The number of carbonyl (C=O) groups is 1. The monoisotopic (exact) mass is 344 g/mol. The number of likely N-dealkylation sites (tertiary alicyclic amines) is 1. The molecule has 0 aromatic carbocycles. The average molecular weight is 344 g/mol. The second kappa shape index (κ2) is 7.00. The first kappa shape index (κ1) is 17.7. The fourth-order valence-electron chi connectivity index (χ4n) is 3.25. The smallest absolute Gasteiger partial charge is 0.239 e. The first-order valence-corrected chi connectivity index (χ1v) is 8.89. The highest BCUT2D eigenvalue weighted by Gasteiger charge is 2.27. The van der Waals surface area contributed by atoms with Crippen molar-refractivity contribution < 1.29 is 4.79 Å². The lowest BCUT2D eigenvalue weighted by atomic mass is 9.92. The van der Waals surface area contributed by atoms with Crippen LogP contribution < -0.4 is 5.32 Å². The molecule has 1 amide bonds. The Balaban J connectivity index is 1.59. The van der Waals surface area contributed by atoms with Gasteiger partial charge in [0.15, 0.2) is 0 Å². The van der Waals surface area contributed by atoms with Crippen molar-refractivity contribution in [3.05, 3.63) is 30.2 Å². The van der Waals surface area contributed by atoms with Crippen molar-refractivity contribution >= 4 is 11.7 Å². The summed E-state index contributed by atoms with van der Waals surface area (Å²) in [5, 5.41) is 11.8. The van der Waals surface area contributed by atoms with Crippen LogP contribution in [0.25, 0.3) is 0 Å². The van der Waals surface area contributed by atoms with E-state index in [2.05, 4.69) is 41.2 Å². The molecule has 0 bridgehead atoms. The van der Waals surface area contributed by atoms with Gasteiger partial charge in [-0.25, -0.2) is 0 Å². The highest BCUT2D eigenvalue weighted by molar-refractivity contribution is 5.91. The molecule has 1 atom stereocenters. The summed E-state index contributed by atoms with van der Waals surface area (Å²) in [6.45, 7) is 8.54. The number of amides is 1. The summed E-state index contributed by atoms with van der Waals surface area (Å²) in [5.41, 5.74) is 0.938. The number of hydrogen-bond donors (Lipinski definition) is 1. The SMILES string of the molecule is Cn1nc(C(C)(C)C)cc1NC(=O)CN1CCC[C@H]1Cn1cccn1. The van der Waals surface area contributed by atoms with E-state index in [1.165, 1.54) is 0 Å². The third kappa shape index (κ3) is 4.28. The molecule has 1 fully saturated rings. The van der Waals surface area contributed by atoms with Crippen molar-refractivity contribution in [3.63, 3.8) is 0 Å². The van der Waals surface area contributed by atoms with Crippen LogP contribution in [-0.2, 0) is 23.8 Å². The molecule has 1 N–H and O–H groups in total. The molecule has 7 nitrogen and oxygen atoms in total. The lowest BCUT2D eigenvalue weighted by Gasteiger charge is -2.23. The first-order chi connectivity index (χ1) is 11.8. The Labute approximate surface area is 149 Å². The maximum atomic E-state index is 12.5. The second-order valence-electron chi connectivity index (χ2n) is 7.83. The number of rotatable bonds is 5. The van der Waals surface area contributed by atoms with Gasteiger partial charge in [-0.3, -0.25) is 19.1 Å². The van der Waals surface area contributed by atoms with Gasteiger partial charge in [-0.05, 0) is 25.5 Å². The van der Waals surface area contributed by atoms with Gasteiger partial charge in [0.2, 0.25) is 5.91 Å².